The molecule has 0 atom stereocenters. The van der Waals surface area contributed by atoms with Crippen LogP contribution in [0.15, 0.2) is 53.3 Å². The van der Waals surface area contributed by atoms with Gasteiger partial charge < -0.3 is 10.6 Å². The van der Waals surface area contributed by atoms with E-state index in [4.69, 9.17) is 0 Å². The number of aromatic nitrogens is 3. The van der Waals surface area contributed by atoms with E-state index in [0.717, 1.165) is 11.3 Å². The molecule has 1 aromatic carbocycles. The highest BCUT2D eigenvalue weighted by Gasteiger charge is 2.09. The Balaban J connectivity index is 1.99. The first kappa shape index (κ1) is 16.3. The zero-order valence-corrected chi connectivity index (χ0v) is 14.5. The van der Waals surface area contributed by atoms with Crippen LogP contribution in [-0.2, 0) is 0 Å². The van der Waals surface area contributed by atoms with Gasteiger partial charge in [0.2, 0.25) is 5.95 Å². The molecule has 2 heterocycles. The predicted molar refractivity (Wildman–Crippen MR) is 96.8 cm³/mol. The van der Waals surface area contributed by atoms with E-state index < -0.39 is 0 Å². The highest BCUT2D eigenvalue weighted by Crippen LogP contribution is 2.26. The Morgan fingerprint density at radius 3 is 2.58 bits per heavy atom. The number of anilines is 3. The van der Waals surface area contributed by atoms with E-state index in [1.54, 1.807) is 30.6 Å². The van der Waals surface area contributed by atoms with Gasteiger partial charge in [-0.3, -0.25) is 4.98 Å². The van der Waals surface area contributed by atoms with Crippen LogP contribution in [0, 0.1) is 5.82 Å². The summed E-state index contributed by atoms with van der Waals surface area (Å²) in [7, 11) is 0. The van der Waals surface area contributed by atoms with Crippen LogP contribution in [0.5, 0.6) is 0 Å². The van der Waals surface area contributed by atoms with E-state index in [1.807, 2.05) is 19.1 Å². The van der Waals surface area contributed by atoms with Gasteiger partial charge in [0.1, 0.15) is 11.6 Å². The lowest BCUT2D eigenvalue weighted by Gasteiger charge is -2.11. The van der Waals surface area contributed by atoms with Gasteiger partial charge >= 0.3 is 0 Å². The molecule has 2 N–H and O–H groups in total. The summed E-state index contributed by atoms with van der Waals surface area (Å²) in [6.45, 7) is 2.65. The Morgan fingerprint density at radius 2 is 1.88 bits per heavy atom. The zero-order valence-electron chi connectivity index (χ0n) is 12.9. The highest BCUT2D eigenvalue weighted by molar-refractivity contribution is 9.10. The van der Waals surface area contributed by atoms with Crippen molar-refractivity contribution in [2.24, 2.45) is 0 Å². The number of nitrogens with one attached hydrogen (secondary N) is 2. The van der Waals surface area contributed by atoms with E-state index in [9.17, 15) is 4.39 Å². The van der Waals surface area contributed by atoms with Gasteiger partial charge in [-0.2, -0.15) is 4.98 Å². The second kappa shape index (κ2) is 7.35. The number of hydrogen-bond donors (Lipinski definition) is 2. The molecule has 2 aromatic heterocycles. The molecule has 0 unspecified atom stereocenters. The molecule has 0 spiro atoms. The summed E-state index contributed by atoms with van der Waals surface area (Å²) in [5.74, 6) is 0.624. The van der Waals surface area contributed by atoms with Gasteiger partial charge in [-0.15, -0.1) is 0 Å². The molecular formula is C17H15BrFN5. The first-order chi connectivity index (χ1) is 11.7. The summed E-state index contributed by atoms with van der Waals surface area (Å²) in [6.07, 6.45) is 3.40. The lowest BCUT2D eigenvalue weighted by atomic mass is 10.2. The maximum atomic E-state index is 14.0. The van der Waals surface area contributed by atoms with Crippen molar-refractivity contribution >= 4 is 33.4 Å². The average molecular weight is 388 g/mol. The van der Waals surface area contributed by atoms with Gasteiger partial charge in [-0.05, 0) is 37.3 Å². The molecule has 0 radical (unpaired) electrons. The smallest absolute Gasteiger partial charge is 0.225 e. The van der Waals surface area contributed by atoms with Gasteiger partial charge in [-0.25, -0.2) is 9.37 Å². The van der Waals surface area contributed by atoms with Crippen LogP contribution >= 0.6 is 15.9 Å². The van der Waals surface area contributed by atoms with Crippen LogP contribution in [0.25, 0.3) is 11.3 Å². The molecule has 0 aliphatic carbocycles. The zero-order chi connectivity index (χ0) is 16.9. The van der Waals surface area contributed by atoms with E-state index in [2.05, 4.69) is 41.5 Å². The van der Waals surface area contributed by atoms with Crippen molar-refractivity contribution in [3.63, 3.8) is 0 Å². The number of rotatable bonds is 5. The van der Waals surface area contributed by atoms with Crippen LogP contribution in [0.4, 0.5) is 21.8 Å². The quantitative estimate of drug-likeness (QED) is 0.668. The van der Waals surface area contributed by atoms with Gasteiger partial charge in [0.05, 0.1) is 11.4 Å². The first-order valence-electron chi connectivity index (χ1n) is 7.41. The van der Waals surface area contributed by atoms with Gasteiger partial charge in [-0.1, -0.05) is 15.9 Å². The summed E-state index contributed by atoms with van der Waals surface area (Å²) >= 11 is 3.25. The molecule has 0 amide bonds. The Kier molecular flexibility index (Phi) is 5.00. The van der Waals surface area contributed by atoms with Crippen LogP contribution in [0.1, 0.15) is 6.92 Å². The maximum Gasteiger partial charge on any atom is 0.225 e. The molecule has 0 fully saturated rings. The number of hydrogen-bond acceptors (Lipinski definition) is 5. The van der Waals surface area contributed by atoms with Crippen LogP contribution < -0.4 is 10.6 Å². The monoisotopic (exact) mass is 387 g/mol. The van der Waals surface area contributed by atoms with E-state index in [-0.39, 0.29) is 5.82 Å². The number of pyridine rings is 1. The molecule has 24 heavy (non-hydrogen) atoms. The first-order valence-corrected chi connectivity index (χ1v) is 8.20. The molecule has 0 aliphatic heterocycles. The van der Waals surface area contributed by atoms with Crippen molar-refractivity contribution in [2.75, 3.05) is 17.2 Å². The second-order valence-corrected chi connectivity index (χ2v) is 5.89. The minimum absolute atomic E-state index is 0.347. The molecule has 7 heteroatoms. The van der Waals surface area contributed by atoms with E-state index in [0.29, 0.717) is 28.5 Å². The van der Waals surface area contributed by atoms with Gasteiger partial charge in [0.15, 0.2) is 0 Å². The van der Waals surface area contributed by atoms with Crippen molar-refractivity contribution in [2.45, 2.75) is 6.92 Å². The largest absolute Gasteiger partial charge is 0.354 e. The molecule has 0 aliphatic rings. The average Bonchev–Trinajstić information content (AvgIpc) is 2.58. The van der Waals surface area contributed by atoms with Crippen molar-refractivity contribution in [3.05, 3.63) is 59.1 Å². The van der Waals surface area contributed by atoms with Gasteiger partial charge in [0.25, 0.3) is 0 Å². The third-order valence-electron chi connectivity index (χ3n) is 3.23. The molecule has 122 valence electrons. The summed E-state index contributed by atoms with van der Waals surface area (Å²) in [6, 6.07) is 10.3. The van der Waals surface area contributed by atoms with Gasteiger partial charge in [0, 0.05) is 35.0 Å². The Labute approximate surface area is 147 Å². The topological polar surface area (TPSA) is 62.7 Å². The fraction of sp³-hybridized carbons (Fsp3) is 0.118. The Hall–Kier alpha value is -2.54. The summed E-state index contributed by atoms with van der Waals surface area (Å²) in [4.78, 5) is 12.9. The number of benzene rings is 1. The van der Waals surface area contributed by atoms with Crippen LogP contribution in [-0.4, -0.2) is 21.5 Å². The van der Waals surface area contributed by atoms with Crippen LogP contribution in [0.3, 0.4) is 0 Å². The fourth-order valence-corrected chi connectivity index (χ4v) is 2.48. The Bertz CT molecular complexity index is 842. The predicted octanol–water partition coefficient (Wildman–Crippen LogP) is 4.62. The van der Waals surface area contributed by atoms with Crippen molar-refractivity contribution in [1.82, 2.24) is 15.0 Å². The number of nitrogens with zero attached hydrogens (tertiary/aromatic N) is 3. The second-order valence-electron chi connectivity index (χ2n) is 4.98. The van der Waals surface area contributed by atoms with Crippen molar-refractivity contribution in [1.29, 1.82) is 0 Å². The number of halogens is 2. The molecule has 5 nitrogen and oxygen atoms in total. The Morgan fingerprint density at radius 1 is 1.08 bits per heavy atom. The minimum Gasteiger partial charge on any atom is -0.354 e. The fourth-order valence-electron chi connectivity index (χ4n) is 2.15. The molecule has 0 saturated heterocycles. The van der Waals surface area contributed by atoms with E-state index >= 15 is 0 Å². The van der Waals surface area contributed by atoms with Crippen molar-refractivity contribution < 1.29 is 4.39 Å². The SMILES string of the molecule is CCNc1nc(Nc2ccc(Br)cc2F)cc(-c2ccncc2)n1. The summed E-state index contributed by atoms with van der Waals surface area (Å²) in [5.41, 5.74) is 1.98. The highest BCUT2D eigenvalue weighted by atomic mass is 79.9. The molecule has 0 saturated carbocycles. The standard InChI is InChI=1S/C17H15BrFN5/c1-2-21-17-23-15(11-5-7-20-8-6-11)10-16(24-17)22-14-4-3-12(18)9-13(14)19/h3-10H,2H2,1H3,(H2,21,22,23,24). The third kappa shape index (κ3) is 3.86. The lowest BCUT2D eigenvalue weighted by Crippen LogP contribution is -2.06. The summed E-state index contributed by atoms with van der Waals surface area (Å²) < 4.78 is 14.7. The molecular weight excluding hydrogens is 373 g/mol. The lowest BCUT2D eigenvalue weighted by molar-refractivity contribution is 0.631. The molecule has 3 rings (SSSR count). The van der Waals surface area contributed by atoms with Crippen molar-refractivity contribution in [3.8, 4) is 11.3 Å². The molecule has 0 bridgehead atoms. The van der Waals surface area contributed by atoms with E-state index in [1.165, 1.54) is 6.07 Å². The maximum absolute atomic E-state index is 14.0. The molecule has 3 aromatic rings. The minimum atomic E-state index is -0.363. The third-order valence-corrected chi connectivity index (χ3v) is 3.72. The summed E-state index contributed by atoms with van der Waals surface area (Å²) in [5, 5.41) is 6.09. The van der Waals surface area contributed by atoms with Crippen LogP contribution in [0.2, 0.25) is 0 Å². The normalized spacial score (nSPS) is 10.5.